The lowest BCUT2D eigenvalue weighted by Gasteiger charge is -2.43. The summed E-state index contributed by atoms with van der Waals surface area (Å²) in [4.78, 5) is 40.4. The number of rotatable bonds is 7. The molecule has 32 heavy (non-hydrogen) atoms. The van der Waals surface area contributed by atoms with E-state index in [0.717, 1.165) is 0 Å². The molecule has 8 nitrogen and oxygen atoms in total. The molecular weight excluding hydrogens is 410 g/mol. The molecule has 1 aromatic carbocycles. The fraction of sp³-hybridized carbons (Fsp3) is 0.625. The Morgan fingerprint density at radius 2 is 1.66 bits per heavy atom. The van der Waals surface area contributed by atoms with Crippen LogP contribution in [0.15, 0.2) is 24.3 Å². The number of nitrogens with zero attached hydrogens (tertiary/aromatic N) is 1. The lowest BCUT2D eigenvalue weighted by molar-refractivity contribution is -0.147. The summed E-state index contributed by atoms with van der Waals surface area (Å²) in [7, 11) is 0. The topological polar surface area (TPSA) is 108 Å². The highest BCUT2D eigenvalue weighted by atomic mass is 16.6. The second kappa shape index (κ2) is 10.2. The van der Waals surface area contributed by atoms with E-state index in [1.54, 1.807) is 32.9 Å². The van der Waals surface area contributed by atoms with E-state index in [4.69, 9.17) is 4.74 Å². The molecule has 1 unspecified atom stereocenters. The van der Waals surface area contributed by atoms with Gasteiger partial charge in [0.2, 0.25) is 11.8 Å². The minimum absolute atomic E-state index is 0.00959. The van der Waals surface area contributed by atoms with Gasteiger partial charge in [-0.1, -0.05) is 19.1 Å². The Balaban J connectivity index is 3.38. The smallest absolute Gasteiger partial charge is 0.408 e. The maximum atomic E-state index is 13.4. The first-order valence-corrected chi connectivity index (χ1v) is 10.9. The third-order valence-corrected chi connectivity index (χ3v) is 4.76. The summed E-state index contributed by atoms with van der Waals surface area (Å²) in [5.41, 5.74) is -1.49. The van der Waals surface area contributed by atoms with Gasteiger partial charge in [0.25, 0.3) is 0 Å². The Morgan fingerprint density at radius 1 is 1.06 bits per heavy atom. The van der Waals surface area contributed by atoms with Crippen molar-refractivity contribution in [3.8, 4) is 5.75 Å². The van der Waals surface area contributed by atoms with Gasteiger partial charge < -0.3 is 25.4 Å². The first kappa shape index (κ1) is 27.3. The van der Waals surface area contributed by atoms with Crippen molar-refractivity contribution in [1.82, 2.24) is 15.5 Å². The summed E-state index contributed by atoms with van der Waals surface area (Å²) < 4.78 is 5.22. The van der Waals surface area contributed by atoms with Gasteiger partial charge >= 0.3 is 6.09 Å². The molecule has 8 heteroatoms. The van der Waals surface area contributed by atoms with Crippen molar-refractivity contribution in [3.05, 3.63) is 29.8 Å². The highest BCUT2D eigenvalue weighted by Gasteiger charge is 2.41. The van der Waals surface area contributed by atoms with Crippen molar-refractivity contribution >= 4 is 17.9 Å². The predicted molar refractivity (Wildman–Crippen MR) is 124 cm³/mol. The first-order chi connectivity index (χ1) is 14.5. The molecule has 3 amide bonds. The second-order valence-electron chi connectivity index (χ2n) is 10.5. The second-order valence-corrected chi connectivity index (χ2v) is 10.5. The van der Waals surface area contributed by atoms with Crippen LogP contribution in [0.1, 0.15) is 80.3 Å². The summed E-state index contributed by atoms with van der Waals surface area (Å²) in [5.74, 6) is -0.833. The number of carbonyl (C=O) groups excluding carboxylic acids is 3. The van der Waals surface area contributed by atoms with Crippen molar-refractivity contribution in [1.29, 1.82) is 0 Å². The maximum Gasteiger partial charge on any atom is 0.408 e. The summed E-state index contributed by atoms with van der Waals surface area (Å²) in [6, 6.07) is 5.29. The molecule has 0 radical (unpaired) electrons. The maximum absolute atomic E-state index is 13.4. The molecule has 1 atom stereocenters. The molecule has 0 saturated carbocycles. The van der Waals surface area contributed by atoms with Gasteiger partial charge in [-0.05, 0) is 79.5 Å². The number of hydrogen-bond donors (Lipinski definition) is 3. The third-order valence-electron chi connectivity index (χ3n) is 4.76. The quantitative estimate of drug-likeness (QED) is 0.585. The van der Waals surface area contributed by atoms with Crippen LogP contribution < -0.4 is 10.6 Å². The molecule has 180 valence electrons. The molecule has 0 aliphatic carbocycles. The normalized spacial score (nSPS) is 13.2. The largest absolute Gasteiger partial charge is 0.508 e. The minimum atomic E-state index is -1.01. The Morgan fingerprint density at radius 3 is 2.12 bits per heavy atom. The number of carbonyl (C=O) groups is 3. The number of ether oxygens (including phenoxy) is 1. The number of nitrogens with one attached hydrogen (secondary N) is 2. The monoisotopic (exact) mass is 449 g/mol. The van der Waals surface area contributed by atoms with E-state index in [2.05, 4.69) is 10.6 Å². The zero-order valence-electron chi connectivity index (χ0n) is 20.8. The van der Waals surface area contributed by atoms with Crippen LogP contribution in [0.25, 0.3) is 0 Å². The van der Waals surface area contributed by atoms with Crippen molar-refractivity contribution < 1.29 is 24.2 Å². The van der Waals surface area contributed by atoms with Gasteiger partial charge in [0.05, 0.1) is 0 Å². The summed E-state index contributed by atoms with van der Waals surface area (Å²) >= 11 is 0. The lowest BCUT2D eigenvalue weighted by atomic mass is 9.92. The van der Waals surface area contributed by atoms with Crippen molar-refractivity contribution in [2.75, 3.05) is 6.54 Å². The number of phenolic OH excluding ortho intramolecular Hbond substituents is 1. The van der Waals surface area contributed by atoms with Gasteiger partial charge in [-0.25, -0.2) is 4.79 Å². The average molecular weight is 450 g/mol. The van der Waals surface area contributed by atoms with Crippen LogP contribution >= 0.6 is 0 Å². The van der Waals surface area contributed by atoms with Crippen LogP contribution in [-0.4, -0.2) is 51.1 Å². The van der Waals surface area contributed by atoms with Crippen LogP contribution in [-0.2, 0) is 14.3 Å². The van der Waals surface area contributed by atoms with Gasteiger partial charge in [-0.2, -0.15) is 0 Å². The Hall–Kier alpha value is -2.77. The highest BCUT2D eigenvalue weighted by molar-refractivity contribution is 5.91. The molecular formula is C24H39N3O5. The van der Waals surface area contributed by atoms with Crippen LogP contribution in [0, 0.1) is 0 Å². The van der Waals surface area contributed by atoms with E-state index in [1.165, 1.54) is 17.0 Å². The number of amides is 3. The van der Waals surface area contributed by atoms with Crippen LogP contribution in [0.4, 0.5) is 4.79 Å². The fourth-order valence-corrected chi connectivity index (χ4v) is 3.10. The number of benzene rings is 1. The number of aromatic hydroxyl groups is 1. The van der Waals surface area contributed by atoms with E-state index in [0.29, 0.717) is 12.0 Å². The molecule has 3 N–H and O–H groups in total. The van der Waals surface area contributed by atoms with E-state index in [1.807, 2.05) is 41.5 Å². The average Bonchev–Trinajstić information content (AvgIpc) is 2.60. The lowest BCUT2D eigenvalue weighted by Crippen LogP contribution is -2.57. The molecule has 0 spiro atoms. The summed E-state index contributed by atoms with van der Waals surface area (Å²) in [5, 5.41) is 15.5. The van der Waals surface area contributed by atoms with E-state index in [9.17, 15) is 19.5 Å². The molecule has 0 aliphatic rings. The molecule has 0 saturated heterocycles. The van der Waals surface area contributed by atoms with Crippen molar-refractivity contribution in [2.45, 2.75) is 91.5 Å². The molecule has 1 aromatic rings. The van der Waals surface area contributed by atoms with Gasteiger partial charge in [-0.15, -0.1) is 0 Å². The first-order valence-electron chi connectivity index (χ1n) is 10.9. The van der Waals surface area contributed by atoms with Crippen LogP contribution in [0.2, 0.25) is 0 Å². The Bertz CT molecular complexity index is 822. The number of alkyl carbamates (subject to hydrolysis) is 1. The van der Waals surface area contributed by atoms with E-state index in [-0.39, 0.29) is 18.2 Å². The molecule has 0 aromatic heterocycles. The zero-order valence-corrected chi connectivity index (χ0v) is 20.8. The predicted octanol–water partition coefficient (Wildman–Crippen LogP) is 3.89. The van der Waals surface area contributed by atoms with Crippen LogP contribution in [0.3, 0.4) is 0 Å². The summed E-state index contributed by atoms with van der Waals surface area (Å²) in [6.07, 6.45) is -0.156. The van der Waals surface area contributed by atoms with E-state index < -0.39 is 34.7 Å². The third kappa shape index (κ3) is 8.40. The Kier molecular flexibility index (Phi) is 8.72. The molecule has 0 bridgehead atoms. The fourth-order valence-electron chi connectivity index (χ4n) is 3.10. The van der Waals surface area contributed by atoms with Crippen molar-refractivity contribution in [3.63, 3.8) is 0 Å². The number of hydrogen-bond acceptors (Lipinski definition) is 5. The summed E-state index contributed by atoms with van der Waals surface area (Å²) in [6.45, 7) is 16.1. The Labute approximate surface area is 191 Å². The SMILES string of the molecule is CCC(C)(C)N(C(=O)CNC(=O)OC(C)(C)C)C(C(=O)NC(C)(C)C)c1cccc(O)c1. The molecule has 1 rings (SSSR count). The molecule has 0 fully saturated rings. The van der Waals surface area contributed by atoms with Gasteiger partial charge in [-0.3, -0.25) is 9.59 Å². The number of phenols is 1. The molecule has 0 aliphatic heterocycles. The highest BCUT2D eigenvalue weighted by Crippen LogP contribution is 2.33. The molecule has 0 heterocycles. The minimum Gasteiger partial charge on any atom is -0.508 e. The van der Waals surface area contributed by atoms with Crippen molar-refractivity contribution in [2.24, 2.45) is 0 Å². The zero-order chi connectivity index (χ0) is 24.9. The van der Waals surface area contributed by atoms with Crippen LogP contribution in [0.5, 0.6) is 5.75 Å². The van der Waals surface area contributed by atoms with Gasteiger partial charge in [0, 0.05) is 11.1 Å². The van der Waals surface area contributed by atoms with Gasteiger partial charge in [0.1, 0.15) is 23.9 Å². The standard InChI is InChI=1S/C24H39N3O5/c1-10-24(8,9)27(18(29)15-25-21(31)32-23(5,6)7)19(20(30)26-22(2,3)4)16-12-11-13-17(28)14-16/h11-14,19,28H,10,15H2,1-9H3,(H,25,31)(H,26,30). The van der Waals surface area contributed by atoms with Gasteiger partial charge in [0.15, 0.2) is 0 Å². The van der Waals surface area contributed by atoms with E-state index >= 15 is 0 Å².